The van der Waals surface area contributed by atoms with Gasteiger partial charge in [-0.25, -0.2) is 4.98 Å². The average Bonchev–Trinajstić information content (AvgIpc) is 3.11. The predicted molar refractivity (Wildman–Crippen MR) is 115 cm³/mol. The summed E-state index contributed by atoms with van der Waals surface area (Å²) < 4.78 is 5.54. The van der Waals surface area contributed by atoms with E-state index < -0.39 is 6.10 Å². The van der Waals surface area contributed by atoms with Crippen LogP contribution < -0.4 is 15.4 Å². The maximum Gasteiger partial charge on any atom is 0.267 e. The molecule has 2 amide bonds. The number of ether oxygens (including phenoxy) is 1. The van der Waals surface area contributed by atoms with Gasteiger partial charge in [-0.2, -0.15) is 0 Å². The van der Waals surface area contributed by atoms with E-state index in [4.69, 9.17) is 4.74 Å². The summed E-state index contributed by atoms with van der Waals surface area (Å²) in [4.78, 5) is 29.7. The van der Waals surface area contributed by atoms with Crippen molar-refractivity contribution in [2.45, 2.75) is 33.3 Å². The second kappa shape index (κ2) is 7.67. The van der Waals surface area contributed by atoms with Gasteiger partial charge in [-0.05, 0) is 44.0 Å². The third kappa shape index (κ3) is 3.86. The predicted octanol–water partition coefficient (Wildman–Crippen LogP) is 4.65. The molecule has 0 aliphatic carbocycles. The van der Waals surface area contributed by atoms with Crippen molar-refractivity contribution in [3.8, 4) is 16.3 Å². The molecule has 2 N–H and O–H groups in total. The fourth-order valence-electron chi connectivity index (χ4n) is 3.09. The minimum absolute atomic E-state index is 0.210. The number of aryl methyl sites for hydroxylation is 2. The molecule has 4 rings (SSSR count). The first-order valence-electron chi connectivity index (χ1n) is 9.44. The standard InChI is InChI=1S/C22H21N3O3S/c1-4-14-5-7-15(8-6-14)22-23-12(2)19(29-22)21(27)24-16-9-10-18-17(11-16)25-20(26)13(3)28-18/h5-11,13H,4H2,1-3H3,(H,24,27)(H,25,26). The Labute approximate surface area is 172 Å². The van der Waals surface area contributed by atoms with E-state index >= 15 is 0 Å². The van der Waals surface area contributed by atoms with Crippen molar-refractivity contribution < 1.29 is 14.3 Å². The smallest absolute Gasteiger partial charge is 0.267 e. The molecule has 1 aliphatic heterocycles. The minimum atomic E-state index is -0.535. The lowest BCUT2D eigenvalue weighted by molar-refractivity contribution is -0.122. The van der Waals surface area contributed by atoms with Crippen LogP contribution in [0.2, 0.25) is 0 Å². The van der Waals surface area contributed by atoms with Gasteiger partial charge in [-0.15, -0.1) is 11.3 Å². The van der Waals surface area contributed by atoms with Crippen LogP contribution in [0.15, 0.2) is 42.5 Å². The molecule has 0 bridgehead atoms. The maximum atomic E-state index is 12.8. The molecule has 0 spiro atoms. The molecule has 0 saturated carbocycles. The first kappa shape index (κ1) is 19.1. The molecule has 6 nitrogen and oxygen atoms in total. The second-order valence-electron chi connectivity index (χ2n) is 6.90. The summed E-state index contributed by atoms with van der Waals surface area (Å²) in [5, 5.41) is 6.48. The number of thiazole rings is 1. The molecule has 29 heavy (non-hydrogen) atoms. The summed E-state index contributed by atoms with van der Waals surface area (Å²) in [6.45, 7) is 5.63. The molecule has 1 atom stereocenters. The van der Waals surface area contributed by atoms with Gasteiger partial charge in [0.2, 0.25) is 0 Å². The largest absolute Gasteiger partial charge is 0.479 e. The van der Waals surface area contributed by atoms with E-state index in [0.717, 1.165) is 17.0 Å². The monoisotopic (exact) mass is 407 g/mol. The molecule has 0 fully saturated rings. The van der Waals surface area contributed by atoms with E-state index in [-0.39, 0.29) is 11.8 Å². The third-order valence-electron chi connectivity index (χ3n) is 4.78. The Morgan fingerprint density at radius 3 is 2.72 bits per heavy atom. The lowest BCUT2D eigenvalue weighted by Gasteiger charge is -2.23. The fourth-order valence-corrected chi connectivity index (χ4v) is 4.05. The van der Waals surface area contributed by atoms with Crippen molar-refractivity contribution >= 4 is 34.5 Å². The van der Waals surface area contributed by atoms with Gasteiger partial charge in [0.1, 0.15) is 15.6 Å². The molecule has 0 radical (unpaired) electrons. The van der Waals surface area contributed by atoms with Crippen LogP contribution in [0.4, 0.5) is 11.4 Å². The van der Waals surface area contributed by atoms with E-state index in [1.54, 1.807) is 25.1 Å². The fraction of sp³-hybridized carbons (Fsp3) is 0.227. The van der Waals surface area contributed by atoms with Gasteiger partial charge < -0.3 is 15.4 Å². The SMILES string of the molecule is CCc1ccc(-c2nc(C)c(C(=O)Nc3ccc4c(c3)NC(=O)C(C)O4)s2)cc1. The zero-order valence-corrected chi connectivity index (χ0v) is 17.2. The van der Waals surface area contributed by atoms with Gasteiger partial charge in [0.25, 0.3) is 11.8 Å². The van der Waals surface area contributed by atoms with Gasteiger partial charge >= 0.3 is 0 Å². The van der Waals surface area contributed by atoms with E-state index in [9.17, 15) is 9.59 Å². The van der Waals surface area contributed by atoms with Crippen LogP contribution >= 0.6 is 11.3 Å². The lowest BCUT2D eigenvalue weighted by atomic mass is 10.1. The van der Waals surface area contributed by atoms with Crippen molar-refractivity contribution in [1.29, 1.82) is 0 Å². The zero-order chi connectivity index (χ0) is 20.5. The van der Waals surface area contributed by atoms with E-state index in [1.807, 2.05) is 19.1 Å². The highest BCUT2D eigenvalue weighted by molar-refractivity contribution is 7.17. The van der Waals surface area contributed by atoms with Gasteiger partial charge in [0.05, 0.1) is 11.4 Å². The molecular weight excluding hydrogens is 386 g/mol. The number of aromatic nitrogens is 1. The minimum Gasteiger partial charge on any atom is -0.479 e. The first-order valence-corrected chi connectivity index (χ1v) is 10.3. The number of nitrogens with zero attached hydrogens (tertiary/aromatic N) is 1. The van der Waals surface area contributed by atoms with Crippen LogP contribution in [-0.2, 0) is 11.2 Å². The topological polar surface area (TPSA) is 80.3 Å². The van der Waals surface area contributed by atoms with Crippen molar-refractivity contribution in [3.05, 3.63) is 58.6 Å². The molecule has 0 saturated heterocycles. The Hall–Kier alpha value is -3.19. The molecule has 2 aromatic carbocycles. The normalized spacial score (nSPS) is 15.3. The van der Waals surface area contributed by atoms with Gasteiger partial charge in [0, 0.05) is 11.3 Å². The number of hydrogen-bond donors (Lipinski definition) is 2. The Morgan fingerprint density at radius 2 is 2.00 bits per heavy atom. The molecule has 148 valence electrons. The van der Waals surface area contributed by atoms with E-state index in [0.29, 0.717) is 27.7 Å². The average molecular weight is 407 g/mol. The highest BCUT2D eigenvalue weighted by Crippen LogP contribution is 2.33. The zero-order valence-electron chi connectivity index (χ0n) is 16.4. The quantitative estimate of drug-likeness (QED) is 0.660. The molecular formula is C22H21N3O3S. The Morgan fingerprint density at radius 1 is 1.24 bits per heavy atom. The number of nitrogens with one attached hydrogen (secondary N) is 2. The van der Waals surface area contributed by atoms with Crippen molar-refractivity contribution in [1.82, 2.24) is 4.98 Å². The third-order valence-corrected chi connectivity index (χ3v) is 5.99. The van der Waals surface area contributed by atoms with Gasteiger partial charge in [-0.3, -0.25) is 9.59 Å². The number of carbonyl (C=O) groups is 2. The summed E-state index contributed by atoms with van der Waals surface area (Å²) in [5.41, 5.74) is 4.07. The van der Waals surface area contributed by atoms with Crippen LogP contribution in [0.1, 0.15) is 34.8 Å². The summed E-state index contributed by atoms with van der Waals surface area (Å²) >= 11 is 1.37. The lowest BCUT2D eigenvalue weighted by Crippen LogP contribution is -2.34. The maximum absolute atomic E-state index is 12.8. The summed E-state index contributed by atoms with van der Waals surface area (Å²) in [6, 6.07) is 13.4. The van der Waals surface area contributed by atoms with Crippen molar-refractivity contribution in [2.75, 3.05) is 10.6 Å². The molecule has 1 aliphatic rings. The first-order chi connectivity index (χ1) is 13.9. The summed E-state index contributed by atoms with van der Waals surface area (Å²) in [6.07, 6.45) is 0.448. The molecule has 3 aromatic rings. The van der Waals surface area contributed by atoms with Crippen LogP contribution in [0, 0.1) is 6.92 Å². The highest BCUT2D eigenvalue weighted by Gasteiger charge is 2.24. The van der Waals surface area contributed by atoms with E-state index in [2.05, 4.69) is 34.7 Å². The van der Waals surface area contributed by atoms with Crippen molar-refractivity contribution in [2.24, 2.45) is 0 Å². The Bertz CT molecular complexity index is 1090. The Balaban J connectivity index is 1.54. The Kier molecular flexibility index (Phi) is 5.07. The number of amides is 2. The number of fused-ring (bicyclic) bond motifs is 1. The number of hydrogen-bond acceptors (Lipinski definition) is 5. The number of rotatable bonds is 4. The van der Waals surface area contributed by atoms with Crippen LogP contribution in [0.25, 0.3) is 10.6 Å². The van der Waals surface area contributed by atoms with Gasteiger partial charge in [-0.1, -0.05) is 31.2 Å². The molecule has 2 heterocycles. The van der Waals surface area contributed by atoms with Gasteiger partial charge in [0.15, 0.2) is 6.10 Å². The molecule has 1 aromatic heterocycles. The number of anilines is 2. The van der Waals surface area contributed by atoms with Crippen LogP contribution in [0.3, 0.4) is 0 Å². The van der Waals surface area contributed by atoms with Crippen molar-refractivity contribution in [3.63, 3.8) is 0 Å². The van der Waals surface area contributed by atoms with Crippen LogP contribution in [0.5, 0.6) is 5.75 Å². The van der Waals surface area contributed by atoms with E-state index in [1.165, 1.54) is 16.9 Å². The molecule has 7 heteroatoms. The summed E-state index contributed by atoms with van der Waals surface area (Å²) in [7, 11) is 0. The second-order valence-corrected chi connectivity index (χ2v) is 7.90. The summed E-state index contributed by atoms with van der Waals surface area (Å²) in [5.74, 6) is 0.146. The van der Waals surface area contributed by atoms with Crippen LogP contribution in [-0.4, -0.2) is 22.9 Å². The number of carbonyl (C=O) groups excluding carboxylic acids is 2. The number of benzene rings is 2. The molecule has 1 unspecified atom stereocenters. The highest BCUT2D eigenvalue weighted by atomic mass is 32.1.